The van der Waals surface area contributed by atoms with E-state index in [0.717, 1.165) is 43.3 Å². The number of nitrogens with zero attached hydrogens (tertiary/aromatic N) is 4. The lowest BCUT2D eigenvalue weighted by Crippen LogP contribution is -2.27. The van der Waals surface area contributed by atoms with E-state index in [2.05, 4.69) is 38.6 Å². The van der Waals surface area contributed by atoms with Crippen LogP contribution in [0.3, 0.4) is 0 Å². The third-order valence-corrected chi connectivity index (χ3v) is 3.53. The predicted molar refractivity (Wildman–Crippen MR) is 79.9 cm³/mol. The number of rotatable bonds is 6. The van der Waals surface area contributed by atoms with Gasteiger partial charge < -0.3 is 10.2 Å². The van der Waals surface area contributed by atoms with E-state index in [1.54, 1.807) is 6.07 Å². The minimum atomic E-state index is 0.499. The Morgan fingerprint density at radius 3 is 2.63 bits per heavy atom. The molecule has 0 saturated heterocycles. The monoisotopic (exact) mass is 281 g/mol. The van der Waals surface area contributed by atoms with Crippen LogP contribution in [0.25, 0.3) is 11.2 Å². The molecule has 0 aliphatic carbocycles. The second kappa shape index (κ2) is 6.21. The fraction of sp³-hybridized carbons (Fsp3) is 0.538. The van der Waals surface area contributed by atoms with Gasteiger partial charge in [-0.15, -0.1) is 0 Å². The Balaban J connectivity index is 2.31. The summed E-state index contributed by atoms with van der Waals surface area (Å²) >= 11 is 5.98. The van der Waals surface area contributed by atoms with Crippen molar-refractivity contribution in [1.29, 1.82) is 0 Å². The Labute approximate surface area is 118 Å². The van der Waals surface area contributed by atoms with Gasteiger partial charge in [-0.3, -0.25) is 4.57 Å². The highest BCUT2D eigenvalue weighted by Crippen LogP contribution is 2.19. The molecule has 0 fully saturated rings. The molecule has 104 valence electrons. The molecular weight excluding hydrogens is 262 g/mol. The summed E-state index contributed by atoms with van der Waals surface area (Å²) in [5.41, 5.74) is 1.71. The average molecular weight is 282 g/mol. The maximum Gasteiger partial charge on any atom is 0.204 e. The van der Waals surface area contributed by atoms with Crippen molar-refractivity contribution >= 4 is 28.7 Å². The minimum absolute atomic E-state index is 0.499. The van der Waals surface area contributed by atoms with Crippen LogP contribution in [0, 0.1) is 0 Å². The van der Waals surface area contributed by atoms with Gasteiger partial charge in [0.05, 0.1) is 0 Å². The summed E-state index contributed by atoms with van der Waals surface area (Å²) in [5, 5.41) is 3.61. The topological polar surface area (TPSA) is 46.0 Å². The van der Waals surface area contributed by atoms with Crippen LogP contribution in [0.5, 0.6) is 0 Å². The molecule has 6 heteroatoms. The van der Waals surface area contributed by atoms with Crippen LogP contribution in [-0.2, 0) is 6.54 Å². The van der Waals surface area contributed by atoms with Crippen molar-refractivity contribution in [3.63, 3.8) is 0 Å². The second-order valence-electron chi connectivity index (χ2n) is 4.34. The standard InChI is InChI=1S/C13H20ClN5/c1-4-18(5-2)8-9-19-12-10(16-13(19)15-3)6-7-11(14)17-12/h6-7H,4-5,8-9H2,1-3H3,(H,15,16). The molecule has 2 aromatic rings. The van der Waals surface area contributed by atoms with Gasteiger partial charge in [0.1, 0.15) is 10.7 Å². The Morgan fingerprint density at radius 2 is 2.00 bits per heavy atom. The largest absolute Gasteiger partial charge is 0.359 e. The van der Waals surface area contributed by atoms with Gasteiger partial charge in [0.15, 0.2) is 5.65 Å². The quantitative estimate of drug-likeness (QED) is 0.827. The number of halogens is 1. The SMILES string of the molecule is CCN(CC)CCn1c(NC)nc2ccc(Cl)nc21. The summed E-state index contributed by atoms with van der Waals surface area (Å²) in [5.74, 6) is 0.830. The first-order valence-electron chi connectivity index (χ1n) is 6.62. The van der Waals surface area contributed by atoms with Crippen molar-refractivity contribution in [2.24, 2.45) is 0 Å². The molecule has 0 atom stereocenters. The van der Waals surface area contributed by atoms with Crippen LogP contribution in [0.4, 0.5) is 5.95 Å². The van der Waals surface area contributed by atoms with E-state index >= 15 is 0 Å². The molecule has 0 radical (unpaired) electrons. The average Bonchev–Trinajstić information content (AvgIpc) is 2.77. The van der Waals surface area contributed by atoms with Crippen molar-refractivity contribution in [1.82, 2.24) is 19.4 Å². The van der Waals surface area contributed by atoms with Gasteiger partial charge in [-0.05, 0) is 25.2 Å². The zero-order valence-corrected chi connectivity index (χ0v) is 12.4. The minimum Gasteiger partial charge on any atom is -0.359 e. The Hall–Kier alpha value is -1.33. The van der Waals surface area contributed by atoms with Gasteiger partial charge in [-0.2, -0.15) is 0 Å². The normalized spacial score (nSPS) is 11.4. The van der Waals surface area contributed by atoms with Crippen LogP contribution in [0.15, 0.2) is 12.1 Å². The smallest absolute Gasteiger partial charge is 0.204 e. The van der Waals surface area contributed by atoms with Crippen molar-refractivity contribution in [3.8, 4) is 0 Å². The molecule has 1 N–H and O–H groups in total. The molecule has 0 spiro atoms. The van der Waals surface area contributed by atoms with E-state index in [1.807, 2.05) is 13.1 Å². The maximum absolute atomic E-state index is 5.98. The van der Waals surface area contributed by atoms with E-state index in [0.29, 0.717) is 5.15 Å². The van der Waals surface area contributed by atoms with Gasteiger partial charge >= 0.3 is 0 Å². The van der Waals surface area contributed by atoms with E-state index in [1.165, 1.54) is 0 Å². The van der Waals surface area contributed by atoms with E-state index in [-0.39, 0.29) is 0 Å². The third-order valence-electron chi connectivity index (χ3n) is 3.32. The van der Waals surface area contributed by atoms with Crippen molar-refractivity contribution in [2.45, 2.75) is 20.4 Å². The Bertz CT molecular complexity index is 547. The number of pyridine rings is 1. The van der Waals surface area contributed by atoms with Crippen LogP contribution in [0.2, 0.25) is 5.15 Å². The van der Waals surface area contributed by atoms with Crippen molar-refractivity contribution < 1.29 is 0 Å². The Morgan fingerprint density at radius 1 is 1.26 bits per heavy atom. The fourth-order valence-electron chi connectivity index (χ4n) is 2.16. The molecule has 0 aliphatic rings. The summed E-state index contributed by atoms with van der Waals surface area (Å²) in [7, 11) is 1.87. The highest BCUT2D eigenvalue weighted by Gasteiger charge is 2.12. The first-order chi connectivity index (χ1) is 9.19. The number of imidazole rings is 1. The molecule has 0 amide bonds. The molecule has 2 heterocycles. The fourth-order valence-corrected chi connectivity index (χ4v) is 2.31. The zero-order chi connectivity index (χ0) is 13.8. The molecule has 2 aromatic heterocycles. The summed E-state index contributed by atoms with van der Waals surface area (Å²) in [6.45, 7) is 8.26. The molecule has 19 heavy (non-hydrogen) atoms. The Kier molecular flexibility index (Phi) is 4.61. The number of hydrogen-bond acceptors (Lipinski definition) is 4. The summed E-state index contributed by atoms with van der Waals surface area (Å²) in [6, 6.07) is 3.67. The lowest BCUT2D eigenvalue weighted by Gasteiger charge is -2.18. The van der Waals surface area contributed by atoms with E-state index in [9.17, 15) is 0 Å². The molecule has 0 unspecified atom stereocenters. The summed E-state index contributed by atoms with van der Waals surface area (Å²) in [6.07, 6.45) is 0. The van der Waals surface area contributed by atoms with Crippen LogP contribution in [-0.4, -0.2) is 46.1 Å². The van der Waals surface area contributed by atoms with Gasteiger partial charge in [0.2, 0.25) is 5.95 Å². The van der Waals surface area contributed by atoms with E-state index < -0.39 is 0 Å². The number of hydrogen-bond donors (Lipinski definition) is 1. The van der Waals surface area contributed by atoms with E-state index in [4.69, 9.17) is 11.6 Å². The van der Waals surface area contributed by atoms with Crippen LogP contribution in [0.1, 0.15) is 13.8 Å². The summed E-state index contributed by atoms with van der Waals surface area (Å²) in [4.78, 5) is 11.3. The molecule has 5 nitrogen and oxygen atoms in total. The zero-order valence-electron chi connectivity index (χ0n) is 11.6. The van der Waals surface area contributed by atoms with Gasteiger partial charge in [-0.1, -0.05) is 25.4 Å². The predicted octanol–water partition coefficient (Wildman–Crippen LogP) is 2.47. The third kappa shape index (κ3) is 2.98. The number of anilines is 1. The second-order valence-corrected chi connectivity index (χ2v) is 4.73. The molecule has 0 bridgehead atoms. The number of nitrogens with one attached hydrogen (secondary N) is 1. The molecule has 0 aromatic carbocycles. The number of likely N-dealkylation sites (N-methyl/N-ethyl adjacent to an activating group) is 1. The summed E-state index contributed by atoms with van der Waals surface area (Å²) < 4.78 is 2.08. The molecular formula is C13H20ClN5. The first-order valence-corrected chi connectivity index (χ1v) is 7.00. The maximum atomic E-state index is 5.98. The van der Waals surface area contributed by atoms with Gasteiger partial charge in [0, 0.05) is 20.1 Å². The van der Waals surface area contributed by atoms with Gasteiger partial charge in [0.25, 0.3) is 0 Å². The number of aromatic nitrogens is 3. The first kappa shape index (κ1) is 14.1. The van der Waals surface area contributed by atoms with Crippen molar-refractivity contribution in [3.05, 3.63) is 17.3 Å². The highest BCUT2D eigenvalue weighted by molar-refractivity contribution is 6.29. The van der Waals surface area contributed by atoms with Gasteiger partial charge in [-0.25, -0.2) is 9.97 Å². The van der Waals surface area contributed by atoms with Crippen LogP contribution < -0.4 is 5.32 Å². The lowest BCUT2D eigenvalue weighted by atomic mass is 10.4. The molecule has 2 rings (SSSR count). The lowest BCUT2D eigenvalue weighted by molar-refractivity contribution is 0.292. The van der Waals surface area contributed by atoms with Crippen molar-refractivity contribution in [2.75, 3.05) is 32.0 Å². The molecule has 0 aliphatic heterocycles. The highest BCUT2D eigenvalue weighted by atomic mass is 35.5. The molecule has 0 saturated carbocycles. The number of fused-ring (bicyclic) bond motifs is 1. The van der Waals surface area contributed by atoms with Crippen LogP contribution >= 0.6 is 11.6 Å².